The summed E-state index contributed by atoms with van der Waals surface area (Å²) in [6.07, 6.45) is 0. The van der Waals surface area contributed by atoms with E-state index in [1.54, 1.807) is 0 Å². The number of hydrogen-bond donors (Lipinski definition) is 2. The predicted octanol–water partition coefficient (Wildman–Crippen LogP) is 1.62. The van der Waals surface area contributed by atoms with E-state index in [1.807, 2.05) is 25.1 Å². The monoisotopic (exact) mass is 299 g/mol. The van der Waals surface area contributed by atoms with Crippen molar-refractivity contribution in [1.29, 1.82) is 0 Å². The first kappa shape index (κ1) is 14.2. The Balaban J connectivity index is 2.62. The third-order valence-corrected chi connectivity index (χ3v) is 3.47. The number of carbonyl (C=O) groups excluding carboxylic acids is 1. The van der Waals surface area contributed by atoms with E-state index < -0.39 is 0 Å². The van der Waals surface area contributed by atoms with Gasteiger partial charge in [0.05, 0.1) is 18.8 Å². The van der Waals surface area contributed by atoms with Gasteiger partial charge < -0.3 is 10.2 Å². The number of benzene rings is 1. The lowest BCUT2D eigenvalue weighted by Gasteiger charge is -2.15. The number of quaternary nitrogens is 1. The van der Waals surface area contributed by atoms with Gasteiger partial charge in [0.25, 0.3) is 5.91 Å². The number of anilines is 1. The lowest BCUT2D eigenvalue weighted by molar-refractivity contribution is -0.888. The number of rotatable bonds is 5. The van der Waals surface area contributed by atoms with Crippen LogP contribution in [0.25, 0.3) is 0 Å². The smallest absolute Gasteiger partial charge is 0.279 e. The van der Waals surface area contributed by atoms with Crippen molar-refractivity contribution in [3.63, 3.8) is 0 Å². The summed E-state index contributed by atoms with van der Waals surface area (Å²) in [6, 6.07) is 5.92. The maximum absolute atomic E-state index is 11.8. The first-order chi connectivity index (χ1) is 8.06. The van der Waals surface area contributed by atoms with Crippen LogP contribution in [-0.2, 0) is 4.79 Å². The van der Waals surface area contributed by atoms with Gasteiger partial charge in [-0.3, -0.25) is 4.79 Å². The molecule has 0 spiro atoms. The largest absolute Gasteiger partial charge is 0.328 e. The van der Waals surface area contributed by atoms with Crippen LogP contribution in [-0.4, -0.2) is 25.5 Å². The van der Waals surface area contributed by atoms with Crippen molar-refractivity contribution in [1.82, 2.24) is 0 Å². The third kappa shape index (κ3) is 4.48. The van der Waals surface area contributed by atoms with Gasteiger partial charge in [-0.1, -0.05) is 6.07 Å². The molecule has 2 N–H and O–H groups in total. The summed E-state index contributed by atoms with van der Waals surface area (Å²) in [4.78, 5) is 13.1. The minimum atomic E-state index is 0.0632. The second kappa shape index (κ2) is 6.77. The summed E-state index contributed by atoms with van der Waals surface area (Å²) >= 11 is 3.45. The Hall–Kier alpha value is -0.870. The average Bonchev–Trinajstić information content (AvgIpc) is 2.29. The standard InChI is InChI=1S/C13H19BrN2O/c1-4-16(5-2)9-13(17)15-12-7-6-10(3)8-11(12)14/h6-8H,4-5,9H2,1-3H3,(H,15,17)/p+1. The van der Waals surface area contributed by atoms with Crippen LogP contribution in [0.5, 0.6) is 0 Å². The van der Waals surface area contributed by atoms with Crippen molar-refractivity contribution in [3.05, 3.63) is 28.2 Å². The SMILES string of the molecule is CC[NH+](CC)CC(=O)Nc1ccc(C)cc1Br. The zero-order valence-corrected chi connectivity index (χ0v) is 12.2. The highest BCUT2D eigenvalue weighted by molar-refractivity contribution is 9.10. The van der Waals surface area contributed by atoms with Crippen molar-refractivity contribution < 1.29 is 9.69 Å². The van der Waals surface area contributed by atoms with Gasteiger partial charge in [0.2, 0.25) is 0 Å². The van der Waals surface area contributed by atoms with Gasteiger partial charge in [0.15, 0.2) is 6.54 Å². The molecular weight excluding hydrogens is 280 g/mol. The molecule has 3 nitrogen and oxygen atoms in total. The van der Waals surface area contributed by atoms with E-state index in [0.29, 0.717) is 6.54 Å². The molecule has 0 heterocycles. The molecule has 1 amide bonds. The summed E-state index contributed by atoms with van der Waals surface area (Å²) in [5.41, 5.74) is 2.01. The van der Waals surface area contributed by atoms with Gasteiger partial charge in [0, 0.05) is 4.47 Å². The molecule has 0 unspecified atom stereocenters. The van der Waals surface area contributed by atoms with Gasteiger partial charge in [-0.05, 0) is 54.4 Å². The van der Waals surface area contributed by atoms with Crippen LogP contribution in [0.2, 0.25) is 0 Å². The molecule has 0 fully saturated rings. The van der Waals surface area contributed by atoms with Gasteiger partial charge in [-0.15, -0.1) is 0 Å². The molecular formula is C13H20BrN2O+. The molecule has 94 valence electrons. The summed E-state index contributed by atoms with van der Waals surface area (Å²) < 4.78 is 0.931. The van der Waals surface area contributed by atoms with Crippen molar-refractivity contribution in [2.45, 2.75) is 20.8 Å². The Morgan fingerprint density at radius 2 is 2.00 bits per heavy atom. The third-order valence-electron chi connectivity index (χ3n) is 2.81. The van der Waals surface area contributed by atoms with Crippen LogP contribution in [0.1, 0.15) is 19.4 Å². The number of carbonyl (C=O) groups is 1. The molecule has 0 saturated heterocycles. The minimum Gasteiger partial charge on any atom is -0.328 e. The number of amides is 1. The van der Waals surface area contributed by atoms with Crippen LogP contribution in [0.15, 0.2) is 22.7 Å². The Morgan fingerprint density at radius 1 is 1.35 bits per heavy atom. The fourth-order valence-electron chi connectivity index (χ4n) is 1.64. The minimum absolute atomic E-state index is 0.0632. The molecule has 17 heavy (non-hydrogen) atoms. The van der Waals surface area contributed by atoms with E-state index in [-0.39, 0.29) is 5.91 Å². The molecule has 0 aromatic heterocycles. The van der Waals surface area contributed by atoms with E-state index in [0.717, 1.165) is 23.2 Å². The average molecular weight is 300 g/mol. The highest BCUT2D eigenvalue weighted by Crippen LogP contribution is 2.22. The van der Waals surface area contributed by atoms with E-state index >= 15 is 0 Å². The first-order valence-corrected chi connectivity index (χ1v) is 6.75. The summed E-state index contributed by atoms with van der Waals surface area (Å²) in [5, 5.41) is 2.93. The fourth-order valence-corrected chi connectivity index (χ4v) is 2.24. The second-order valence-corrected chi connectivity index (χ2v) is 5.02. The Labute approximate surface area is 111 Å². The van der Waals surface area contributed by atoms with Gasteiger partial charge in [-0.2, -0.15) is 0 Å². The highest BCUT2D eigenvalue weighted by atomic mass is 79.9. The van der Waals surface area contributed by atoms with Gasteiger partial charge in [-0.25, -0.2) is 0 Å². The van der Waals surface area contributed by atoms with Crippen LogP contribution in [0.3, 0.4) is 0 Å². The molecule has 1 aromatic rings. The first-order valence-electron chi connectivity index (χ1n) is 5.96. The number of hydrogen-bond acceptors (Lipinski definition) is 1. The highest BCUT2D eigenvalue weighted by Gasteiger charge is 2.11. The molecule has 0 bridgehead atoms. The summed E-state index contributed by atoms with van der Waals surface area (Å²) in [7, 11) is 0. The van der Waals surface area contributed by atoms with Crippen LogP contribution in [0.4, 0.5) is 5.69 Å². The lowest BCUT2D eigenvalue weighted by atomic mass is 10.2. The fraction of sp³-hybridized carbons (Fsp3) is 0.462. The second-order valence-electron chi connectivity index (χ2n) is 4.17. The quantitative estimate of drug-likeness (QED) is 0.851. The topological polar surface area (TPSA) is 33.5 Å². The van der Waals surface area contributed by atoms with Crippen LogP contribution in [0, 0.1) is 6.92 Å². The van der Waals surface area contributed by atoms with Crippen molar-refractivity contribution in [2.24, 2.45) is 0 Å². The Kier molecular flexibility index (Phi) is 5.65. The van der Waals surface area contributed by atoms with Crippen molar-refractivity contribution in [3.8, 4) is 0 Å². The molecule has 0 aliphatic rings. The molecule has 4 heteroatoms. The van der Waals surface area contributed by atoms with Crippen LogP contribution < -0.4 is 10.2 Å². The number of aryl methyl sites for hydroxylation is 1. The number of likely N-dealkylation sites (N-methyl/N-ethyl adjacent to an activating group) is 1. The summed E-state index contributed by atoms with van der Waals surface area (Å²) in [5.74, 6) is 0.0632. The van der Waals surface area contributed by atoms with Crippen molar-refractivity contribution >= 4 is 27.5 Å². The Morgan fingerprint density at radius 3 is 2.53 bits per heavy atom. The Bertz CT molecular complexity index is 389. The molecule has 0 aliphatic carbocycles. The van der Waals surface area contributed by atoms with E-state index in [4.69, 9.17) is 0 Å². The molecule has 0 atom stereocenters. The molecule has 1 aromatic carbocycles. The number of nitrogens with one attached hydrogen (secondary N) is 2. The molecule has 0 saturated carbocycles. The van der Waals surface area contributed by atoms with E-state index in [2.05, 4.69) is 35.1 Å². The van der Waals surface area contributed by atoms with E-state index in [1.165, 1.54) is 10.5 Å². The zero-order chi connectivity index (χ0) is 12.8. The molecule has 0 radical (unpaired) electrons. The maximum atomic E-state index is 11.8. The molecule has 0 aliphatic heterocycles. The van der Waals surface area contributed by atoms with Crippen LogP contribution >= 0.6 is 15.9 Å². The van der Waals surface area contributed by atoms with E-state index in [9.17, 15) is 4.79 Å². The maximum Gasteiger partial charge on any atom is 0.279 e. The normalized spacial score (nSPS) is 10.6. The summed E-state index contributed by atoms with van der Waals surface area (Å²) in [6.45, 7) is 8.67. The van der Waals surface area contributed by atoms with Crippen molar-refractivity contribution in [2.75, 3.05) is 25.0 Å². The number of halogens is 1. The predicted molar refractivity (Wildman–Crippen MR) is 74.4 cm³/mol. The van der Waals surface area contributed by atoms with Gasteiger partial charge in [0.1, 0.15) is 0 Å². The lowest BCUT2D eigenvalue weighted by Crippen LogP contribution is -3.12. The zero-order valence-electron chi connectivity index (χ0n) is 10.6. The van der Waals surface area contributed by atoms with Gasteiger partial charge >= 0.3 is 0 Å². The molecule has 1 rings (SSSR count).